The average Bonchev–Trinajstić information content (AvgIpc) is 3.00. The van der Waals surface area contributed by atoms with Gasteiger partial charge in [-0.3, -0.25) is 0 Å². The molecule has 0 heteroatoms. The molecule has 0 nitrogen and oxygen atoms in total. The number of fused-ring (bicyclic) bond motifs is 4. The molecule has 1 aromatic rings. The second-order valence-corrected chi connectivity index (χ2v) is 6.76. The second-order valence-electron chi connectivity index (χ2n) is 6.76. The first kappa shape index (κ1) is 17.3. The van der Waals surface area contributed by atoms with Crippen molar-refractivity contribution in [2.45, 2.75) is 79.6 Å². The summed E-state index contributed by atoms with van der Waals surface area (Å²) >= 11 is 0. The summed E-state index contributed by atoms with van der Waals surface area (Å²) in [5.41, 5.74) is 7.41. The van der Waals surface area contributed by atoms with Crippen LogP contribution in [0.2, 0.25) is 0 Å². The van der Waals surface area contributed by atoms with Crippen molar-refractivity contribution < 1.29 is 0 Å². The lowest BCUT2D eigenvalue weighted by atomic mass is 9.63. The van der Waals surface area contributed by atoms with Crippen molar-refractivity contribution in [3.63, 3.8) is 0 Å². The lowest BCUT2D eigenvalue weighted by Gasteiger charge is -2.42. The molecule has 0 saturated heterocycles. The van der Waals surface area contributed by atoms with Gasteiger partial charge in [-0.25, -0.2) is 0 Å². The molecule has 122 valence electrons. The second kappa shape index (κ2) is 7.49. The van der Waals surface area contributed by atoms with Crippen LogP contribution in [0.3, 0.4) is 0 Å². The molecule has 0 unspecified atom stereocenters. The molecule has 0 aliphatic heterocycles. The number of hydrogen-bond acceptors (Lipinski definition) is 0. The van der Waals surface area contributed by atoms with Crippen molar-refractivity contribution in [2.24, 2.45) is 11.3 Å². The first-order chi connectivity index (χ1) is 10.8. The molecule has 0 radical (unpaired) electrons. The SMILES string of the molecule is CC.CC.C[C@@]12CCC[C@H]1C1=C(CC2)c2ccccc2CC1. The molecule has 0 bridgehead atoms. The van der Waals surface area contributed by atoms with Crippen LogP contribution in [0.15, 0.2) is 29.8 Å². The van der Waals surface area contributed by atoms with E-state index in [4.69, 9.17) is 0 Å². The van der Waals surface area contributed by atoms with Gasteiger partial charge < -0.3 is 0 Å². The Morgan fingerprint density at radius 2 is 1.64 bits per heavy atom. The molecule has 0 aromatic heterocycles. The zero-order valence-electron chi connectivity index (χ0n) is 15.3. The highest BCUT2D eigenvalue weighted by atomic mass is 14.5. The van der Waals surface area contributed by atoms with Gasteiger partial charge in [0.05, 0.1) is 0 Å². The number of benzene rings is 1. The van der Waals surface area contributed by atoms with Crippen molar-refractivity contribution in [3.05, 3.63) is 41.0 Å². The van der Waals surface area contributed by atoms with Gasteiger partial charge in [0.15, 0.2) is 0 Å². The van der Waals surface area contributed by atoms with E-state index in [9.17, 15) is 0 Å². The normalized spacial score (nSPS) is 28.3. The molecule has 0 heterocycles. The molecular formula is C22H34. The van der Waals surface area contributed by atoms with Crippen LogP contribution in [0.5, 0.6) is 0 Å². The Hall–Kier alpha value is -1.04. The van der Waals surface area contributed by atoms with Crippen LogP contribution >= 0.6 is 0 Å². The largest absolute Gasteiger partial charge is 0.0683 e. The van der Waals surface area contributed by atoms with Crippen LogP contribution in [0.1, 0.15) is 84.3 Å². The molecule has 4 rings (SSSR count). The van der Waals surface area contributed by atoms with Crippen molar-refractivity contribution in [3.8, 4) is 0 Å². The summed E-state index contributed by atoms with van der Waals surface area (Å²) in [7, 11) is 0. The minimum Gasteiger partial charge on any atom is -0.0683 e. The van der Waals surface area contributed by atoms with Crippen LogP contribution in [0, 0.1) is 11.3 Å². The zero-order valence-corrected chi connectivity index (χ0v) is 15.3. The van der Waals surface area contributed by atoms with Gasteiger partial charge in [-0.1, -0.05) is 70.9 Å². The van der Waals surface area contributed by atoms with Gasteiger partial charge in [0.1, 0.15) is 0 Å². The maximum Gasteiger partial charge on any atom is -0.0143 e. The number of rotatable bonds is 0. The predicted molar refractivity (Wildman–Crippen MR) is 99.1 cm³/mol. The van der Waals surface area contributed by atoms with E-state index >= 15 is 0 Å². The van der Waals surface area contributed by atoms with E-state index in [1.165, 1.54) is 44.9 Å². The summed E-state index contributed by atoms with van der Waals surface area (Å²) in [4.78, 5) is 0. The molecule has 22 heavy (non-hydrogen) atoms. The van der Waals surface area contributed by atoms with Gasteiger partial charge in [0, 0.05) is 0 Å². The molecule has 0 N–H and O–H groups in total. The van der Waals surface area contributed by atoms with E-state index in [1.807, 2.05) is 33.3 Å². The fourth-order valence-electron chi connectivity index (χ4n) is 4.84. The monoisotopic (exact) mass is 298 g/mol. The Balaban J connectivity index is 0.000000410. The smallest absolute Gasteiger partial charge is 0.0143 e. The predicted octanol–water partition coefficient (Wildman–Crippen LogP) is 7.04. The van der Waals surface area contributed by atoms with Crippen molar-refractivity contribution in [1.29, 1.82) is 0 Å². The summed E-state index contributed by atoms with van der Waals surface area (Å²) in [6.45, 7) is 10.6. The highest BCUT2D eigenvalue weighted by Gasteiger charge is 2.44. The quantitative estimate of drug-likeness (QED) is 0.482. The number of allylic oxidation sites excluding steroid dienone is 2. The van der Waals surface area contributed by atoms with Gasteiger partial charge in [-0.05, 0) is 66.6 Å². The highest BCUT2D eigenvalue weighted by molar-refractivity contribution is 5.74. The third-order valence-corrected chi connectivity index (χ3v) is 5.84. The standard InChI is InChI=1S/C18H22.2C2H6/c1-18-11-4-7-17(18)16-9-8-13-5-2-3-6-14(13)15(16)10-12-18;2*1-2/h2-3,5-6,17H,4,7-12H2,1H3;2*1-2H3/t17-,18-;;/m0../s1. The summed E-state index contributed by atoms with van der Waals surface area (Å²) < 4.78 is 0. The van der Waals surface area contributed by atoms with Gasteiger partial charge in [0.25, 0.3) is 0 Å². The molecule has 1 saturated carbocycles. The molecule has 1 fully saturated rings. The fourth-order valence-corrected chi connectivity index (χ4v) is 4.84. The molecule has 1 aromatic carbocycles. The van der Waals surface area contributed by atoms with E-state index in [-0.39, 0.29) is 0 Å². The van der Waals surface area contributed by atoms with E-state index < -0.39 is 0 Å². The highest BCUT2D eigenvalue weighted by Crippen LogP contribution is 2.57. The number of aryl methyl sites for hydroxylation is 1. The van der Waals surface area contributed by atoms with Crippen LogP contribution in [0.4, 0.5) is 0 Å². The molecule has 3 aliphatic carbocycles. The molecule has 3 aliphatic rings. The Kier molecular flexibility index (Phi) is 5.89. The first-order valence-electron chi connectivity index (χ1n) is 9.58. The van der Waals surface area contributed by atoms with Crippen molar-refractivity contribution >= 4 is 5.57 Å². The molecule has 0 spiro atoms. The third kappa shape index (κ3) is 2.90. The lowest BCUT2D eigenvalue weighted by Crippen LogP contribution is -2.29. The number of hydrogen-bond donors (Lipinski definition) is 0. The van der Waals surface area contributed by atoms with Crippen molar-refractivity contribution in [1.82, 2.24) is 0 Å². The van der Waals surface area contributed by atoms with Crippen LogP contribution in [-0.2, 0) is 6.42 Å². The van der Waals surface area contributed by atoms with Gasteiger partial charge >= 0.3 is 0 Å². The minimum atomic E-state index is 0.644. The first-order valence-corrected chi connectivity index (χ1v) is 9.58. The summed E-state index contributed by atoms with van der Waals surface area (Å²) in [6.07, 6.45) is 9.76. The Morgan fingerprint density at radius 3 is 2.41 bits per heavy atom. The summed E-state index contributed by atoms with van der Waals surface area (Å²) in [5.74, 6) is 0.912. The van der Waals surface area contributed by atoms with Crippen LogP contribution in [-0.4, -0.2) is 0 Å². The van der Waals surface area contributed by atoms with Gasteiger partial charge in [-0.15, -0.1) is 0 Å². The van der Waals surface area contributed by atoms with Crippen molar-refractivity contribution in [2.75, 3.05) is 0 Å². The Labute approximate surface area is 138 Å². The average molecular weight is 299 g/mol. The molecule has 2 atom stereocenters. The van der Waals surface area contributed by atoms with Gasteiger partial charge in [-0.2, -0.15) is 0 Å². The van der Waals surface area contributed by atoms with Crippen LogP contribution in [0.25, 0.3) is 5.57 Å². The lowest BCUT2D eigenvalue weighted by molar-refractivity contribution is 0.226. The van der Waals surface area contributed by atoms with Gasteiger partial charge in [0.2, 0.25) is 0 Å². The minimum absolute atomic E-state index is 0.644. The van der Waals surface area contributed by atoms with E-state index in [2.05, 4.69) is 31.2 Å². The topological polar surface area (TPSA) is 0 Å². The zero-order chi connectivity index (χ0) is 16.2. The fraction of sp³-hybridized carbons (Fsp3) is 0.636. The maximum absolute atomic E-state index is 2.55. The Bertz CT molecular complexity index is 523. The molecular weight excluding hydrogens is 264 g/mol. The molecule has 0 amide bonds. The van der Waals surface area contributed by atoms with Crippen LogP contribution < -0.4 is 0 Å². The summed E-state index contributed by atoms with van der Waals surface area (Å²) in [6, 6.07) is 9.12. The Morgan fingerprint density at radius 1 is 0.909 bits per heavy atom. The van der Waals surface area contributed by atoms with E-state index in [0.717, 1.165) is 5.92 Å². The van der Waals surface area contributed by atoms with E-state index in [0.29, 0.717) is 5.41 Å². The maximum atomic E-state index is 2.55. The van der Waals surface area contributed by atoms with E-state index in [1.54, 1.807) is 16.7 Å². The summed E-state index contributed by atoms with van der Waals surface area (Å²) in [5, 5.41) is 0. The third-order valence-electron chi connectivity index (χ3n) is 5.84.